The molecular weight excluding hydrogens is 252 g/mol. The fraction of sp³-hybridized carbons (Fsp3) is 0.333. The lowest BCUT2D eigenvalue weighted by molar-refractivity contribution is -0.123. The number of H-pyrrole nitrogens is 1. The number of benzene rings is 1. The van der Waals surface area contributed by atoms with Gasteiger partial charge in [0.15, 0.2) is 0 Å². The van der Waals surface area contributed by atoms with Crippen LogP contribution < -0.4 is 10.6 Å². The van der Waals surface area contributed by atoms with Gasteiger partial charge in [-0.25, -0.2) is 4.98 Å². The average Bonchev–Trinajstić information content (AvgIpc) is 3.00. The molecule has 1 aromatic heterocycles. The second-order valence-electron chi connectivity index (χ2n) is 5.02. The Kier molecular flexibility index (Phi) is 3.78. The molecule has 1 aliphatic heterocycles. The van der Waals surface area contributed by atoms with E-state index in [4.69, 9.17) is 0 Å². The van der Waals surface area contributed by atoms with Gasteiger partial charge in [0.2, 0.25) is 5.91 Å². The lowest BCUT2D eigenvalue weighted by atomic mass is 9.95. The zero-order valence-electron chi connectivity index (χ0n) is 11.2. The van der Waals surface area contributed by atoms with Gasteiger partial charge in [0.25, 0.3) is 0 Å². The fourth-order valence-electron chi connectivity index (χ4n) is 2.50. The molecule has 104 valence electrons. The monoisotopic (exact) mass is 270 g/mol. The quantitative estimate of drug-likeness (QED) is 0.769. The van der Waals surface area contributed by atoms with Gasteiger partial charge in [0.05, 0.1) is 12.4 Å². The summed E-state index contributed by atoms with van der Waals surface area (Å²) in [4.78, 5) is 19.1. The van der Waals surface area contributed by atoms with Gasteiger partial charge in [-0.1, -0.05) is 24.3 Å². The number of nitrogens with zero attached hydrogens (tertiary/aromatic N) is 1. The molecule has 0 aliphatic carbocycles. The summed E-state index contributed by atoms with van der Waals surface area (Å²) in [5, 5.41) is 6.26. The van der Waals surface area contributed by atoms with Gasteiger partial charge in [-0.2, -0.15) is 0 Å². The molecule has 0 spiro atoms. The van der Waals surface area contributed by atoms with Crippen LogP contribution in [0.15, 0.2) is 36.8 Å². The molecule has 2 aromatic rings. The number of aromatic amines is 1. The summed E-state index contributed by atoms with van der Waals surface area (Å²) in [7, 11) is 0. The van der Waals surface area contributed by atoms with Crippen molar-refractivity contribution in [2.24, 2.45) is 0 Å². The Morgan fingerprint density at radius 1 is 1.35 bits per heavy atom. The molecule has 0 radical (unpaired) electrons. The minimum Gasteiger partial charge on any atom is -0.354 e. The van der Waals surface area contributed by atoms with Crippen molar-refractivity contribution in [3.05, 3.63) is 53.6 Å². The van der Waals surface area contributed by atoms with Gasteiger partial charge in [-0.15, -0.1) is 0 Å². The van der Waals surface area contributed by atoms with Gasteiger partial charge >= 0.3 is 0 Å². The molecule has 0 unspecified atom stereocenters. The van der Waals surface area contributed by atoms with E-state index in [9.17, 15) is 4.79 Å². The van der Waals surface area contributed by atoms with E-state index in [1.54, 1.807) is 12.5 Å². The summed E-state index contributed by atoms with van der Waals surface area (Å²) in [5.74, 6) is 0.0685. The Morgan fingerprint density at radius 3 is 3.00 bits per heavy atom. The second kappa shape index (κ2) is 5.88. The Labute approximate surface area is 117 Å². The minimum absolute atomic E-state index is 0.0685. The molecule has 0 fully saturated rings. The lowest BCUT2D eigenvalue weighted by Crippen LogP contribution is -2.48. The number of carbonyl (C=O) groups excluding carboxylic acids is 1. The number of nitrogens with one attached hydrogen (secondary N) is 3. The molecule has 1 aliphatic rings. The van der Waals surface area contributed by atoms with Gasteiger partial charge in [-0.05, 0) is 17.5 Å². The highest BCUT2D eigenvalue weighted by molar-refractivity contribution is 5.82. The van der Waals surface area contributed by atoms with Gasteiger partial charge in [0, 0.05) is 31.4 Å². The van der Waals surface area contributed by atoms with Crippen LogP contribution in [0.3, 0.4) is 0 Å². The molecule has 1 atom stereocenters. The van der Waals surface area contributed by atoms with Crippen molar-refractivity contribution in [2.75, 3.05) is 6.54 Å². The first-order valence-corrected chi connectivity index (χ1v) is 6.88. The molecule has 3 N–H and O–H groups in total. The van der Waals surface area contributed by atoms with Crippen LogP contribution in [0.4, 0.5) is 0 Å². The van der Waals surface area contributed by atoms with E-state index in [2.05, 4.69) is 32.7 Å². The molecule has 2 heterocycles. The number of amides is 1. The van der Waals surface area contributed by atoms with Crippen molar-refractivity contribution in [2.45, 2.75) is 25.4 Å². The van der Waals surface area contributed by atoms with E-state index in [0.29, 0.717) is 6.54 Å². The summed E-state index contributed by atoms with van der Waals surface area (Å²) >= 11 is 0. The van der Waals surface area contributed by atoms with Crippen LogP contribution in [0.5, 0.6) is 0 Å². The zero-order valence-corrected chi connectivity index (χ0v) is 11.2. The van der Waals surface area contributed by atoms with E-state index in [0.717, 1.165) is 25.1 Å². The van der Waals surface area contributed by atoms with E-state index >= 15 is 0 Å². The molecule has 5 nitrogen and oxygen atoms in total. The maximum Gasteiger partial charge on any atom is 0.237 e. The minimum atomic E-state index is -0.133. The maximum atomic E-state index is 12.1. The summed E-state index contributed by atoms with van der Waals surface area (Å²) in [5.41, 5.74) is 3.58. The van der Waals surface area contributed by atoms with Crippen molar-refractivity contribution in [3.63, 3.8) is 0 Å². The predicted octanol–water partition coefficient (Wildman–Crippen LogP) is 0.783. The fourth-order valence-corrected chi connectivity index (χ4v) is 2.50. The first kappa shape index (κ1) is 12.9. The van der Waals surface area contributed by atoms with Crippen LogP contribution in [0.1, 0.15) is 16.8 Å². The largest absolute Gasteiger partial charge is 0.354 e. The topological polar surface area (TPSA) is 69.8 Å². The highest BCUT2D eigenvalue weighted by Gasteiger charge is 2.23. The van der Waals surface area contributed by atoms with Gasteiger partial charge < -0.3 is 15.6 Å². The molecule has 20 heavy (non-hydrogen) atoms. The van der Waals surface area contributed by atoms with Crippen molar-refractivity contribution < 1.29 is 4.79 Å². The molecule has 3 rings (SSSR count). The number of aromatic nitrogens is 2. The third kappa shape index (κ3) is 2.88. The molecule has 1 amide bonds. The molecule has 0 saturated heterocycles. The lowest BCUT2D eigenvalue weighted by Gasteiger charge is -2.25. The second-order valence-corrected chi connectivity index (χ2v) is 5.02. The van der Waals surface area contributed by atoms with E-state index in [-0.39, 0.29) is 11.9 Å². The Hall–Kier alpha value is -2.14. The van der Waals surface area contributed by atoms with E-state index < -0.39 is 0 Å². The van der Waals surface area contributed by atoms with Crippen molar-refractivity contribution in [1.29, 1.82) is 0 Å². The third-order valence-corrected chi connectivity index (χ3v) is 3.65. The predicted molar refractivity (Wildman–Crippen MR) is 76.1 cm³/mol. The van der Waals surface area contributed by atoms with Crippen LogP contribution in [0.25, 0.3) is 0 Å². The molecule has 5 heteroatoms. The average molecular weight is 270 g/mol. The van der Waals surface area contributed by atoms with Crippen LogP contribution in [0.2, 0.25) is 0 Å². The normalized spacial score (nSPS) is 17.5. The first-order valence-electron chi connectivity index (χ1n) is 6.88. The maximum absolute atomic E-state index is 12.1. The Morgan fingerprint density at radius 2 is 2.20 bits per heavy atom. The standard InChI is InChI=1S/C15H18N4O/c20-15(17-6-5-13-9-16-10-19-13)14-7-11-3-1-2-4-12(11)8-18-14/h1-4,9-10,14,18H,5-8H2,(H,16,19)(H,17,20)/t14-/m1/s1. The summed E-state index contributed by atoms with van der Waals surface area (Å²) in [6.45, 7) is 1.38. The summed E-state index contributed by atoms with van der Waals surface area (Å²) in [6, 6.07) is 8.13. The van der Waals surface area contributed by atoms with Crippen molar-refractivity contribution >= 4 is 5.91 Å². The van der Waals surface area contributed by atoms with Crippen LogP contribution in [-0.4, -0.2) is 28.5 Å². The Balaban J connectivity index is 1.51. The van der Waals surface area contributed by atoms with Crippen LogP contribution >= 0.6 is 0 Å². The van der Waals surface area contributed by atoms with Crippen LogP contribution in [0, 0.1) is 0 Å². The number of hydrogen-bond donors (Lipinski definition) is 3. The molecule has 1 aromatic carbocycles. The summed E-state index contributed by atoms with van der Waals surface area (Å²) < 4.78 is 0. The van der Waals surface area contributed by atoms with E-state index in [1.165, 1.54) is 11.1 Å². The number of carbonyl (C=O) groups is 1. The summed E-state index contributed by atoms with van der Waals surface area (Å²) in [6.07, 6.45) is 4.96. The number of fused-ring (bicyclic) bond motifs is 1. The van der Waals surface area contributed by atoms with Gasteiger partial charge in [-0.3, -0.25) is 4.79 Å². The number of hydrogen-bond acceptors (Lipinski definition) is 3. The third-order valence-electron chi connectivity index (χ3n) is 3.65. The highest BCUT2D eigenvalue weighted by Crippen LogP contribution is 2.16. The molecular formula is C15H18N4O. The van der Waals surface area contributed by atoms with Crippen molar-refractivity contribution in [3.8, 4) is 0 Å². The SMILES string of the molecule is O=C(NCCc1cnc[nH]1)[C@H]1Cc2ccccc2CN1. The number of imidazole rings is 1. The highest BCUT2D eigenvalue weighted by atomic mass is 16.2. The van der Waals surface area contributed by atoms with E-state index in [1.807, 2.05) is 12.1 Å². The number of rotatable bonds is 4. The zero-order chi connectivity index (χ0) is 13.8. The Bertz CT molecular complexity index is 579. The van der Waals surface area contributed by atoms with Crippen molar-refractivity contribution in [1.82, 2.24) is 20.6 Å². The molecule has 0 saturated carbocycles. The van der Waals surface area contributed by atoms with Gasteiger partial charge in [0.1, 0.15) is 0 Å². The molecule has 0 bridgehead atoms. The van der Waals surface area contributed by atoms with Crippen LogP contribution in [-0.2, 0) is 24.2 Å². The first-order chi connectivity index (χ1) is 9.83. The smallest absolute Gasteiger partial charge is 0.237 e.